The molecule has 1 heterocycles. The summed E-state index contributed by atoms with van der Waals surface area (Å²) in [5, 5.41) is 5.27. The standard InChI is InChI=1S/C17H21N3O2S.ClH/c1-22-9-14(18)16(21)20-17-19-15(10-23-17)13-7-6-11-4-2-3-5-12(11)8-13;/h6-8,10,14H,2-5,9,18H2,1H3,(H,19,20,21);1H. The summed E-state index contributed by atoms with van der Waals surface area (Å²) in [4.78, 5) is 16.4. The number of nitrogens with zero attached hydrogens (tertiary/aromatic N) is 1. The van der Waals surface area contributed by atoms with Crippen LogP contribution in [-0.4, -0.2) is 30.6 Å². The van der Waals surface area contributed by atoms with E-state index in [9.17, 15) is 4.79 Å². The average Bonchev–Trinajstić information content (AvgIpc) is 3.03. The number of nitrogens with two attached hydrogens (primary N) is 1. The van der Waals surface area contributed by atoms with Gasteiger partial charge in [0, 0.05) is 18.1 Å². The van der Waals surface area contributed by atoms with E-state index in [-0.39, 0.29) is 24.9 Å². The number of hydrogen-bond donors (Lipinski definition) is 2. The Balaban J connectivity index is 0.00000208. The third-order valence-corrected chi connectivity index (χ3v) is 4.82. The van der Waals surface area contributed by atoms with E-state index in [4.69, 9.17) is 10.5 Å². The highest BCUT2D eigenvalue weighted by molar-refractivity contribution is 7.14. The normalized spacial score (nSPS) is 14.4. The lowest BCUT2D eigenvalue weighted by Gasteiger charge is -2.16. The highest BCUT2D eigenvalue weighted by atomic mass is 35.5. The number of benzene rings is 1. The average molecular weight is 368 g/mol. The number of anilines is 1. The van der Waals surface area contributed by atoms with Gasteiger partial charge in [-0.2, -0.15) is 0 Å². The van der Waals surface area contributed by atoms with Crippen LogP contribution >= 0.6 is 23.7 Å². The van der Waals surface area contributed by atoms with Crippen molar-refractivity contribution >= 4 is 34.8 Å². The summed E-state index contributed by atoms with van der Waals surface area (Å²) >= 11 is 1.41. The molecule has 1 atom stereocenters. The molecule has 5 nitrogen and oxygen atoms in total. The molecule has 3 N–H and O–H groups in total. The Labute approximate surface area is 152 Å². The second kappa shape index (κ2) is 8.58. The van der Waals surface area contributed by atoms with E-state index in [1.54, 1.807) is 0 Å². The van der Waals surface area contributed by atoms with Crippen molar-refractivity contribution in [2.45, 2.75) is 31.7 Å². The summed E-state index contributed by atoms with van der Waals surface area (Å²) in [6.07, 6.45) is 4.85. The smallest absolute Gasteiger partial charge is 0.245 e. The molecule has 130 valence electrons. The molecule has 1 aliphatic carbocycles. The van der Waals surface area contributed by atoms with E-state index in [0.29, 0.717) is 5.13 Å². The molecule has 0 fully saturated rings. The topological polar surface area (TPSA) is 77.2 Å². The van der Waals surface area contributed by atoms with Gasteiger partial charge in [0.25, 0.3) is 0 Å². The van der Waals surface area contributed by atoms with E-state index >= 15 is 0 Å². The summed E-state index contributed by atoms with van der Waals surface area (Å²) in [7, 11) is 1.52. The van der Waals surface area contributed by atoms with Gasteiger partial charge < -0.3 is 15.8 Å². The Hall–Kier alpha value is -1.47. The Kier molecular flexibility index (Phi) is 6.74. The number of fused-ring (bicyclic) bond motifs is 1. The molecule has 7 heteroatoms. The van der Waals surface area contributed by atoms with E-state index in [0.717, 1.165) is 17.7 Å². The number of ether oxygens (including phenoxy) is 1. The largest absolute Gasteiger partial charge is 0.383 e. The Bertz CT molecular complexity index is 705. The predicted octanol–water partition coefficient (Wildman–Crippen LogP) is 3.02. The molecule has 0 aliphatic heterocycles. The van der Waals surface area contributed by atoms with Gasteiger partial charge in [-0.1, -0.05) is 12.1 Å². The van der Waals surface area contributed by atoms with Crippen molar-refractivity contribution in [3.05, 3.63) is 34.7 Å². The third-order valence-electron chi connectivity index (χ3n) is 4.06. The van der Waals surface area contributed by atoms with Crippen LogP contribution in [0.4, 0.5) is 5.13 Å². The minimum Gasteiger partial charge on any atom is -0.383 e. The molecule has 1 unspecified atom stereocenters. The molecule has 0 spiro atoms. The van der Waals surface area contributed by atoms with Crippen molar-refractivity contribution in [3.63, 3.8) is 0 Å². The number of methoxy groups -OCH3 is 1. The second-order valence-corrected chi connectivity index (χ2v) is 6.64. The maximum absolute atomic E-state index is 11.9. The molecule has 2 aromatic rings. The van der Waals surface area contributed by atoms with Crippen LogP contribution in [0.1, 0.15) is 24.0 Å². The van der Waals surface area contributed by atoms with Crippen molar-refractivity contribution < 1.29 is 9.53 Å². The molecule has 1 aromatic carbocycles. The first-order valence-electron chi connectivity index (χ1n) is 7.80. The van der Waals surface area contributed by atoms with E-state index in [1.165, 1.54) is 48.8 Å². The number of thiazole rings is 1. The molecule has 0 bridgehead atoms. The first kappa shape index (κ1) is 18.9. The zero-order valence-corrected chi connectivity index (χ0v) is 15.2. The van der Waals surface area contributed by atoms with Gasteiger partial charge in [-0.15, -0.1) is 23.7 Å². The number of aromatic nitrogens is 1. The summed E-state index contributed by atoms with van der Waals surface area (Å²) < 4.78 is 4.89. The lowest BCUT2D eigenvalue weighted by atomic mass is 9.90. The van der Waals surface area contributed by atoms with Crippen LogP contribution in [0.2, 0.25) is 0 Å². The first-order valence-corrected chi connectivity index (χ1v) is 8.68. The zero-order valence-electron chi connectivity index (χ0n) is 13.6. The van der Waals surface area contributed by atoms with Gasteiger partial charge in [0.1, 0.15) is 6.04 Å². The van der Waals surface area contributed by atoms with Gasteiger partial charge in [0.15, 0.2) is 5.13 Å². The monoisotopic (exact) mass is 367 g/mol. The van der Waals surface area contributed by atoms with Crippen molar-refractivity contribution in [2.75, 3.05) is 19.0 Å². The molecule has 0 saturated heterocycles. The van der Waals surface area contributed by atoms with Crippen LogP contribution in [0.15, 0.2) is 23.6 Å². The number of aryl methyl sites for hydroxylation is 2. The van der Waals surface area contributed by atoms with E-state index in [2.05, 4.69) is 28.5 Å². The summed E-state index contributed by atoms with van der Waals surface area (Å²) in [5.74, 6) is -0.279. The van der Waals surface area contributed by atoms with Crippen LogP contribution in [0.5, 0.6) is 0 Å². The number of halogens is 1. The molecular formula is C17H22ClN3O2S. The second-order valence-electron chi connectivity index (χ2n) is 5.78. The minimum atomic E-state index is -0.684. The molecule has 3 rings (SSSR count). The van der Waals surface area contributed by atoms with Gasteiger partial charge >= 0.3 is 0 Å². The minimum absolute atomic E-state index is 0. The molecule has 1 aromatic heterocycles. The molecule has 0 saturated carbocycles. The van der Waals surface area contributed by atoms with Crippen LogP contribution in [0.25, 0.3) is 11.3 Å². The summed E-state index contributed by atoms with van der Waals surface area (Å²) in [6.45, 7) is 0.189. The molecule has 24 heavy (non-hydrogen) atoms. The van der Waals surface area contributed by atoms with E-state index in [1.807, 2.05) is 5.38 Å². The van der Waals surface area contributed by atoms with E-state index < -0.39 is 6.04 Å². The number of rotatable bonds is 5. The highest BCUT2D eigenvalue weighted by Gasteiger charge is 2.16. The Morgan fingerprint density at radius 1 is 1.38 bits per heavy atom. The fourth-order valence-electron chi connectivity index (χ4n) is 2.81. The molecular weight excluding hydrogens is 346 g/mol. The molecule has 1 aliphatic rings. The number of nitrogens with one attached hydrogen (secondary N) is 1. The van der Waals surface area contributed by atoms with Gasteiger partial charge in [-0.25, -0.2) is 4.98 Å². The van der Waals surface area contributed by atoms with Crippen molar-refractivity contribution in [3.8, 4) is 11.3 Å². The maximum atomic E-state index is 11.9. The van der Waals surface area contributed by atoms with Gasteiger partial charge in [0.2, 0.25) is 5.91 Å². The quantitative estimate of drug-likeness (QED) is 0.851. The van der Waals surface area contributed by atoms with Crippen LogP contribution in [-0.2, 0) is 22.4 Å². The Morgan fingerprint density at radius 2 is 2.12 bits per heavy atom. The Morgan fingerprint density at radius 3 is 2.88 bits per heavy atom. The van der Waals surface area contributed by atoms with Gasteiger partial charge in [-0.3, -0.25) is 4.79 Å². The van der Waals surface area contributed by atoms with Gasteiger partial charge in [0.05, 0.1) is 12.3 Å². The third kappa shape index (κ3) is 4.33. The van der Waals surface area contributed by atoms with Crippen LogP contribution in [0, 0.1) is 0 Å². The zero-order chi connectivity index (χ0) is 16.2. The first-order chi connectivity index (χ1) is 11.2. The predicted molar refractivity (Wildman–Crippen MR) is 99.9 cm³/mol. The van der Waals surface area contributed by atoms with Gasteiger partial charge in [-0.05, 0) is 42.9 Å². The highest BCUT2D eigenvalue weighted by Crippen LogP contribution is 2.29. The lowest BCUT2D eigenvalue weighted by Crippen LogP contribution is -2.39. The fraction of sp³-hybridized carbons (Fsp3) is 0.412. The molecule has 0 radical (unpaired) electrons. The lowest BCUT2D eigenvalue weighted by molar-refractivity contribution is -0.118. The number of carbonyl (C=O) groups excluding carboxylic acids is 1. The number of amides is 1. The number of carbonyl (C=O) groups is 1. The van der Waals surface area contributed by atoms with Crippen molar-refractivity contribution in [1.29, 1.82) is 0 Å². The van der Waals surface area contributed by atoms with Crippen molar-refractivity contribution in [2.24, 2.45) is 5.73 Å². The maximum Gasteiger partial charge on any atom is 0.245 e. The van der Waals surface area contributed by atoms with Crippen LogP contribution in [0.3, 0.4) is 0 Å². The van der Waals surface area contributed by atoms with Crippen LogP contribution < -0.4 is 11.1 Å². The SMILES string of the molecule is COCC(N)C(=O)Nc1nc(-c2ccc3c(c2)CCCC3)cs1.Cl. The van der Waals surface area contributed by atoms with Crippen molar-refractivity contribution in [1.82, 2.24) is 4.98 Å². The number of hydrogen-bond acceptors (Lipinski definition) is 5. The summed E-state index contributed by atoms with van der Waals surface area (Å²) in [6, 6.07) is 5.86. The molecule has 1 amide bonds. The summed E-state index contributed by atoms with van der Waals surface area (Å²) in [5.41, 5.74) is 10.6. The fourth-order valence-corrected chi connectivity index (χ4v) is 3.53.